The number of alkyl halides is 1. The van der Waals surface area contributed by atoms with Gasteiger partial charge in [-0.25, -0.2) is 4.98 Å². The van der Waals surface area contributed by atoms with Crippen LogP contribution in [0.2, 0.25) is 0 Å². The predicted molar refractivity (Wildman–Crippen MR) is 79.8 cm³/mol. The molecule has 0 amide bonds. The maximum Gasteiger partial charge on any atom is 0.247 e. The Kier molecular flexibility index (Phi) is 4.74. The molecule has 0 radical (unpaired) electrons. The first-order valence-corrected chi connectivity index (χ1v) is 6.94. The van der Waals surface area contributed by atoms with Gasteiger partial charge < -0.3 is 10.1 Å². The molecule has 0 aliphatic carbocycles. The van der Waals surface area contributed by atoms with Crippen molar-refractivity contribution >= 4 is 23.2 Å². The number of hydrogen-bond acceptors (Lipinski definition) is 5. The van der Waals surface area contributed by atoms with Gasteiger partial charge >= 0.3 is 0 Å². The molecule has 1 N–H and O–H groups in total. The summed E-state index contributed by atoms with van der Waals surface area (Å²) < 4.78 is 5.51. The van der Waals surface area contributed by atoms with E-state index in [0.717, 1.165) is 28.4 Å². The molecule has 0 aliphatic heterocycles. The number of anilines is 2. The van der Waals surface area contributed by atoms with E-state index in [1.54, 1.807) is 0 Å². The number of hydrogen-bond donors (Lipinski definition) is 1. The summed E-state index contributed by atoms with van der Waals surface area (Å²) in [6.07, 6.45) is 0. The van der Waals surface area contributed by atoms with Crippen molar-refractivity contribution in [2.45, 2.75) is 26.7 Å². The van der Waals surface area contributed by atoms with Crippen molar-refractivity contribution in [3.05, 3.63) is 35.2 Å². The molecular formula is C14H17ClN4O. The Morgan fingerprint density at radius 3 is 2.65 bits per heavy atom. The summed E-state index contributed by atoms with van der Waals surface area (Å²) in [6, 6.07) is 5.72. The number of nitrogens with one attached hydrogen (secondary N) is 1. The molecule has 0 saturated heterocycles. The highest BCUT2D eigenvalue weighted by Gasteiger charge is 2.06. The van der Waals surface area contributed by atoms with Crippen LogP contribution in [0.3, 0.4) is 0 Å². The van der Waals surface area contributed by atoms with E-state index in [0.29, 0.717) is 18.4 Å². The smallest absolute Gasteiger partial charge is 0.247 e. The molecule has 0 spiro atoms. The summed E-state index contributed by atoms with van der Waals surface area (Å²) in [5, 5.41) is 11.2. The lowest BCUT2D eigenvalue weighted by Gasteiger charge is -2.11. The average Bonchev–Trinajstić information content (AvgIpc) is 2.45. The van der Waals surface area contributed by atoms with Gasteiger partial charge in [-0.15, -0.1) is 16.7 Å². The van der Waals surface area contributed by atoms with Gasteiger partial charge in [0.1, 0.15) is 5.75 Å². The zero-order valence-corrected chi connectivity index (χ0v) is 12.5. The molecule has 0 unspecified atom stereocenters. The number of aromatic nitrogens is 3. The summed E-state index contributed by atoms with van der Waals surface area (Å²) in [5.74, 6) is 1.65. The monoisotopic (exact) mass is 292 g/mol. The lowest BCUT2D eigenvalue weighted by molar-refractivity contribution is 0.337. The minimum absolute atomic E-state index is 0.386. The molecule has 0 aliphatic rings. The van der Waals surface area contributed by atoms with E-state index in [1.165, 1.54) is 0 Å². The minimum Gasteiger partial charge on any atom is -0.494 e. The minimum atomic E-state index is 0.386. The van der Waals surface area contributed by atoms with E-state index in [1.807, 2.05) is 39.0 Å². The second kappa shape index (κ2) is 6.52. The highest BCUT2D eigenvalue weighted by molar-refractivity contribution is 6.17. The summed E-state index contributed by atoms with van der Waals surface area (Å²) >= 11 is 5.94. The quantitative estimate of drug-likeness (QED) is 0.856. The molecule has 0 saturated carbocycles. The van der Waals surface area contributed by atoms with E-state index in [-0.39, 0.29) is 0 Å². The first-order valence-electron chi connectivity index (χ1n) is 6.40. The Hall–Kier alpha value is -1.88. The molecule has 0 bridgehead atoms. The van der Waals surface area contributed by atoms with Crippen LogP contribution < -0.4 is 10.1 Å². The van der Waals surface area contributed by atoms with E-state index < -0.39 is 0 Å². The Labute approximate surface area is 123 Å². The Bertz CT molecular complexity index is 604. The largest absolute Gasteiger partial charge is 0.494 e. The van der Waals surface area contributed by atoms with Crippen LogP contribution in [-0.4, -0.2) is 21.8 Å². The molecule has 20 heavy (non-hydrogen) atoms. The van der Waals surface area contributed by atoms with Gasteiger partial charge in [0.05, 0.1) is 23.9 Å². The molecule has 1 aromatic heterocycles. The number of nitrogens with zero attached hydrogens (tertiary/aromatic N) is 3. The van der Waals surface area contributed by atoms with Crippen LogP contribution in [0.5, 0.6) is 5.75 Å². The maximum absolute atomic E-state index is 5.94. The molecule has 2 rings (SSSR count). The third-order valence-electron chi connectivity index (χ3n) is 2.85. The number of benzene rings is 1. The SMILES string of the molecule is CCOc1ccc(Nc2nnc(C)c(C)n2)cc1CCl. The van der Waals surface area contributed by atoms with Crippen molar-refractivity contribution in [3.63, 3.8) is 0 Å². The molecule has 1 heterocycles. The highest BCUT2D eigenvalue weighted by Crippen LogP contribution is 2.25. The van der Waals surface area contributed by atoms with Crippen molar-refractivity contribution in [1.29, 1.82) is 0 Å². The molecule has 1 aromatic carbocycles. The van der Waals surface area contributed by atoms with Crippen LogP contribution in [0.25, 0.3) is 0 Å². The van der Waals surface area contributed by atoms with Gasteiger partial charge in [-0.1, -0.05) is 0 Å². The first kappa shape index (κ1) is 14.5. The second-order valence-corrected chi connectivity index (χ2v) is 4.59. The summed E-state index contributed by atoms with van der Waals surface area (Å²) in [5.41, 5.74) is 3.46. The maximum atomic E-state index is 5.94. The molecule has 0 fully saturated rings. The third-order valence-corrected chi connectivity index (χ3v) is 3.14. The van der Waals surface area contributed by atoms with Crippen LogP contribution in [0.4, 0.5) is 11.6 Å². The molecule has 6 heteroatoms. The summed E-state index contributed by atoms with van der Waals surface area (Å²) in [4.78, 5) is 4.33. The Morgan fingerprint density at radius 2 is 2.00 bits per heavy atom. The third kappa shape index (κ3) is 3.36. The van der Waals surface area contributed by atoms with Crippen LogP contribution in [0, 0.1) is 13.8 Å². The van der Waals surface area contributed by atoms with Gasteiger partial charge in [-0.2, -0.15) is 5.10 Å². The van der Waals surface area contributed by atoms with Gasteiger partial charge in [0.15, 0.2) is 0 Å². The number of aryl methyl sites for hydroxylation is 2. The summed E-state index contributed by atoms with van der Waals surface area (Å²) in [6.45, 7) is 6.33. The Balaban J connectivity index is 2.22. The lowest BCUT2D eigenvalue weighted by Crippen LogP contribution is -2.03. The fraction of sp³-hybridized carbons (Fsp3) is 0.357. The molecule has 5 nitrogen and oxygen atoms in total. The highest BCUT2D eigenvalue weighted by atomic mass is 35.5. The van der Waals surface area contributed by atoms with Gasteiger partial charge in [-0.05, 0) is 39.0 Å². The van der Waals surface area contributed by atoms with Gasteiger partial charge in [0, 0.05) is 11.3 Å². The van der Waals surface area contributed by atoms with Crippen molar-refractivity contribution < 1.29 is 4.74 Å². The van der Waals surface area contributed by atoms with Crippen molar-refractivity contribution in [1.82, 2.24) is 15.2 Å². The number of ether oxygens (including phenoxy) is 1. The van der Waals surface area contributed by atoms with E-state index in [9.17, 15) is 0 Å². The van der Waals surface area contributed by atoms with Crippen LogP contribution in [-0.2, 0) is 5.88 Å². The molecule has 2 aromatic rings. The topological polar surface area (TPSA) is 59.9 Å². The van der Waals surface area contributed by atoms with Crippen molar-refractivity contribution in [2.24, 2.45) is 0 Å². The van der Waals surface area contributed by atoms with Gasteiger partial charge in [0.2, 0.25) is 5.95 Å². The van der Waals surface area contributed by atoms with E-state index in [2.05, 4.69) is 20.5 Å². The van der Waals surface area contributed by atoms with E-state index >= 15 is 0 Å². The number of rotatable bonds is 5. The Morgan fingerprint density at radius 1 is 1.20 bits per heavy atom. The van der Waals surface area contributed by atoms with E-state index in [4.69, 9.17) is 16.3 Å². The summed E-state index contributed by atoms with van der Waals surface area (Å²) in [7, 11) is 0. The fourth-order valence-electron chi connectivity index (χ4n) is 1.70. The first-order chi connectivity index (χ1) is 9.63. The second-order valence-electron chi connectivity index (χ2n) is 4.32. The molecular weight excluding hydrogens is 276 g/mol. The fourth-order valence-corrected chi connectivity index (χ4v) is 1.91. The van der Waals surface area contributed by atoms with Crippen LogP contribution in [0.1, 0.15) is 23.9 Å². The zero-order chi connectivity index (χ0) is 14.5. The predicted octanol–water partition coefficient (Wildman–Crippen LogP) is 3.37. The lowest BCUT2D eigenvalue weighted by atomic mass is 10.2. The standard InChI is InChI=1S/C14H17ClN4O/c1-4-20-13-6-5-12(7-11(13)8-15)17-14-16-9(2)10(3)18-19-14/h5-7H,4,8H2,1-3H3,(H,16,17,19). The normalized spacial score (nSPS) is 10.4. The molecule has 106 valence electrons. The average molecular weight is 293 g/mol. The van der Waals surface area contributed by atoms with Crippen LogP contribution in [0.15, 0.2) is 18.2 Å². The molecule has 0 atom stereocenters. The van der Waals surface area contributed by atoms with Crippen molar-refractivity contribution in [2.75, 3.05) is 11.9 Å². The number of halogens is 1. The van der Waals surface area contributed by atoms with Crippen LogP contribution >= 0.6 is 11.6 Å². The van der Waals surface area contributed by atoms with Crippen molar-refractivity contribution in [3.8, 4) is 5.75 Å². The zero-order valence-electron chi connectivity index (χ0n) is 11.8. The van der Waals surface area contributed by atoms with Gasteiger partial charge in [-0.3, -0.25) is 0 Å². The van der Waals surface area contributed by atoms with Gasteiger partial charge in [0.25, 0.3) is 0 Å².